The zero-order valence-corrected chi connectivity index (χ0v) is 15.6. The highest BCUT2D eigenvalue weighted by Crippen LogP contribution is 2.33. The van der Waals surface area contributed by atoms with Gasteiger partial charge in [0.1, 0.15) is 5.75 Å². The maximum absolute atomic E-state index is 9.66. The fraction of sp³-hybridized carbons (Fsp3) is 0.0769. The van der Waals surface area contributed by atoms with E-state index < -0.39 is 0 Å². The Hall–Kier alpha value is 0.0200. The summed E-state index contributed by atoms with van der Waals surface area (Å²) in [6, 6.07) is 9.49. The van der Waals surface area contributed by atoms with Crippen molar-refractivity contribution in [2.24, 2.45) is 0 Å². The van der Waals surface area contributed by atoms with Crippen LogP contribution in [0.2, 0.25) is 5.02 Å². The van der Waals surface area contributed by atoms with Crippen LogP contribution in [-0.2, 0) is 6.54 Å². The molecule has 6 heteroatoms. The third-order valence-corrected chi connectivity index (χ3v) is 4.83. The number of rotatable bonds is 3. The van der Waals surface area contributed by atoms with Gasteiger partial charge in [0.25, 0.3) is 0 Å². The fourth-order valence-electron chi connectivity index (χ4n) is 1.55. The predicted molar refractivity (Wildman–Crippen MR) is 95.0 cm³/mol. The standard InChI is InChI=1S/C13H9Br2ClINO/c14-9-3-7(4-10(15)13(9)19)6-18-12-2-1-8(16)5-11(12)17/h1-5,18-19H,6H2. The van der Waals surface area contributed by atoms with E-state index in [0.717, 1.165) is 19.8 Å². The molecular weight excluding hydrogens is 508 g/mol. The lowest BCUT2D eigenvalue weighted by molar-refractivity contribution is 0.468. The Morgan fingerprint density at radius 3 is 2.37 bits per heavy atom. The molecule has 0 saturated carbocycles. The molecule has 0 bridgehead atoms. The van der Waals surface area contributed by atoms with Crippen LogP contribution in [0.5, 0.6) is 5.75 Å². The molecule has 0 atom stereocenters. The summed E-state index contributed by atoms with van der Waals surface area (Å²) in [5, 5.41) is 13.7. The van der Waals surface area contributed by atoms with Crippen molar-refractivity contribution in [1.82, 2.24) is 0 Å². The Kier molecular flexibility index (Phi) is 5.39. The zero-order valence-electron chi connectivity index (χ0n) is 9.55. The van der Waals surface area contributed by atoms with Gasteiger partial charge >= 0.3 is 0 Å². The summed E-state index contributed by atoms with van der Waals surface area (Å²) in [5.41, 5.74) is 2.09. The van der Waals surface area contributed by atoms with Gasteiger partial charge in [-0.3, -0.25) is 0 Å². The molecule has 2 rings (SSSR count). The molecule has 0 aliphatic carbocycles. The van der Waals surface area contributed by atoms with E-state index in [1.807, 2.05) is 30.3 Å². The first-order valence-corrected chi connectivity index (χ1v) is 8.37. The van der Waals surface area contributed by atoms with Gasteiger partial charge in [-0.2, -0.15) is 0 Å². The van der Waals surface area contributed by atoms with Gasteiger partial charge in [-0.25, -0.2) is 0 Å². The second kappa shape index (κ2) is 6.65. The third kappa shape index (κ3) is 4.00. The summed E-state index contributed by atoms with van der Waals surface area (Å²) in [5.74, 6) is 0.213. The average molecular weight is 517 g/mol. The van der Waals surface area contributed by atoms with Gasteiger partial charge in [-0.15, -0.1) is 0 Å². The number of hydrogen-bond acceptors (Lipinski definition) is 2. The van der Waals surface area contributed by atoms with E-state index in [1.165, 1.54) is 0 Å². The summed E-state index contributed by atoms with van der Waals surface area (Å²) in [6.07, 6.45) is 0. The number of anilines is 1. The highest BCUT2D eigenvalue weighted by Gasteiger charge is 2.06. The van der Waals surface area contributed by atoms with Gasteiger partial charge in [0.05, 0.1) is 8.95 Å². The van der Waals surface area contributed by atoms with Crippen molar-refractivity contribution in [1.29, 1.82) is 0 Å². The molecule has 0 spiro atoms. The minimum atomic E-state index is 0.213. The van der Waals surface area contributed by atoms with Gasteiger partial charge in [0.2, 0.25) is 0 Å². The van der Waals surface area contributed by atoms with Crippen molar-refractivity contribution in [2.45, 2.75) is 6.54 Å². The van der Waals surface area contributed by atoms with E-state index in [9.17, 15) is 5.11 Å². The van der Waals surface area contributed by atoms with Gasteiger partial charge in [-0.1, -0.05) is 11.6 Å². The molecule has 0 fully saturated rings. The Bertz CT molecular complexity index is 599. The van der Waals surface area contributed by atoms with E-state index in [0.29, 0.717) is 15.5 Å². The molecule has 0 aromatic heterocycles. The van der Waals surface area contributed by atoms with Crippen molar-refractivity contribution in [3.8, 4) is 5.75 Å². The van der Waals surface area contributed by atoms with Crippen LogP contribution in [-0.4, -0.2) is 5.11 Å². The number of phenolic OH excluding ortho intramolecular Hbond substituents is 1. The molecule has 0 unspecified atom stereocenters. The number of phenols is 1. The van der Waals surface area contributed by atoms with E-state index in [2.05, 4.69) is 59.8 Å². The largest absolute Gasteiger partial charge is 0.506 e. The number of aromatic hydroxyl groups is 1. The van der Waals surface area contributed by atoms with E-state index in [1.54, 1.807) is 0 Å². The van der Waals surface area contributed by atoms with Crippen molar-refractivity contribution in [3.05, 3.63) is 53.4 Å². The lowest BCUT2D eigenvalue weighted by atomic mass is 10.2. The van der Waals surface area contributed by atoms with Crippen LogP contribution in [0.3, 0.4) is 0 Å². The molecule has 0 aliphatic rings. The first-order chi connectivity index (χ1) is 8.97. The maximum Gasteiger partial charge on any atom is 0.143 e. The highest BCUT2D eigenvalue weighted by molar-refractivity contribution is 14.1. The van der Waals surface area contributed by atoms with Crippen LogP contribution >= 0.6 is 66.1 Å². The topological polar surface area (TPSA) is 32.3 Å². The Balaban J connectivity index is 2.14. The van der Waals surface area contributed by atoms with Crippen LogP contribution in [0.25, 0.3) is 0 Å². The number of nitrogens with one attached hydrogen (secondary N) is 1. The van der Waals surface area contributed by atoms with Crippen LogP contribution < -0.4 is 5.32 Å². The Labute approximate surface area is 146 Å². The van der Waals surface area contributed by atoms with Crippen LogP contribution in [0.1, 0.15) is 5.56 Å². The summed E-state index contributed by atoms with van der Waals surface area (Å²) in [6.45, 7) is 0.662. The van der Waals surface area contributed by atoms with Crippen molar-refractivity contribution < 1.29 is 5.11 Å². The van der Waals surface area contributed by atoms with Crippen molar-refractivity contribution >= 4 is 71.7 Å². The van der Waals surface area contributed by atoms with Crippen LogP contribution in [0, 0.1) is 3.57 Å². The summed E-state index contributed by atoms with van der Waals surface area (Å²) in [4.78, 5) is 0. The number of benzene rings is 2. The number of hydrogen-bond donors (Lipinski definition) is 2. The summed E-state index contributed by atoms with van der Waals surface area (Å²) in [7, 11) is 0. The van der Waals surface area contributed by atoms with Gasteiger partial charge in [0.15, 0.2) is 0 Å². The first-order valence-electron chi connectivity index (χ1n) is 5.33. The molecular formula is C13H9Br2ClINO. The second-order valence-corrected chi connectivity index (χ2v) is 7.19. The zero-order chi connectivity index (χ0) is 14.0. The lowest BCUT2D eigenvalue weighted by Crippen LogP contribution is -2.01. The maximum atomic E-state index is 9.66. The first kappa shape index (κ1) is 15.4. The van der Waals surface area contributed by atoms with Gasteiger partial charge < -0.3 is 10.4 Å². The minimum Gasteiger partial charge on any atom is -0.506 e. The average Bonchev–Trinajstić information content (AvgIpc) is 2.34. The van der Waals surface area contributed by atoms with E-state index >= 15 is 0 Å². The molecule has 0 heterocycles. The third-order valence-electron chi connectivity index (χ3n) is 2.49. The molecule has 2 aromatic rings. The Morgan fingerprint density at radius 1 is 1.16 bits per heavy atom. The molecule has 2 nitrogen and oxygen atoms in total. The van der Waals surface area contributed by atoms with E-state index in [-0.39, 0.29) is 5.75 Å². The molecule has 0 radical (unpaired) electrons. The Morgan fingerprint density at radius 2 is 1.79 bits per heavy atom. The van der Waals surface area contributed by atoms with E-state index in [4.69, 9.17) is 11.6 Å². The molecule has 0 amide bonds. The summed E-state index contributed by atoms with van der Waals surface area (Å²) >= 11 is 14.8. The molecule has 0 aliphatic heterocycles. The molecule has 19 heavy (non-hydrogen) atoms. The normalized spacial score (nSPS) is 10.5. The predicted octanol–water partition coefficient (Wildman–Crippen LogP) is 5.79. The quantitative estimate of drug-likeness (QED) is 0.506. The molecule has 100 valence electrons. The molecule has 0 saturated heterocycles. The SMILES string of the molecule is Oc1c(Br)cc(CNc2ccc(Cl)cc2I)cc1Br. The molecule has 2 aromatic carbocycles. The molecule has 2 N–H and O–H groups in total. The fourth-order valence-corrected chi connectivity index (χ4v) is 3.89. The lowest BCUT2D eigenvalue weighted by Gasteiger charge is -2.10. The second-order valence-electron chi connectivity index (χ2n) is 3.89. The van der Waals surface area contributed by atoms with Crippen LogP contribution in [0.15, 0.2) is 39.3 Å². The van der Waals surface area contributed by atoms with Gasteiger partial charge in [0, 0.05) is 20.8 Å². The highest BCUT2D eigenvalue weighted by atomic mass is 127. The smallest absolute Gasteiger partial charge is 0.143 e. The van der Waals surface area contributed by atoms with Gasteiger partial charge in [-0.05, 0) is 90.3 Å². The van der Waals surface area contributed by atoms with Crippen molar-refractivity contribution in [3.63, 3.8) is 0 Å². The minimum absolute atomic E-state index is 0.213. The number of halogens is 4. The van der Waals surface area contributed by atoms with Crippen LogP contribution in [0.4, 0.5) is 5.69 Å². The summed E-state index contributed by atoms with van der Waals surface area (Å²) < 4.78 is 2.41. The monoisotopic (exact) mass is 515 g/mol. The van der Waals surface area contributed by atoms with Crippen molar-refractivity contribution in [2.75, 3.05) is 5.32 Å².